The van der Waals surface area contributed by atoms with Gasteiger partial charge in [-0.3, -0.25) is 0 Å². The number of nitrogens with one attached hydrogen (secondary N) is 1. The van der Waals surface area contributed by atoms with E-state index < -0.39 is 0 Å². The molecule has 2 aromatic rings. The Morgan fingerprint density at radius 3 is 2.68 bits per heavy atom. The standard InChI is InChI=1S/C18H23N/c1-14(13-19-17-9-5-10-17)12-16-8-4-7-15-6-2-3-11-18(15)16/h2-4,6-8,11,14,17,19H,5,9-10,12-13H2,1H3. The van der Waals surface area contributed by atoms with Gasteiger partial charge in [0.05, 0.1) is 0 Å². The molecular weight excluding hydrogens is 230 g/mol. The van der Waals surface area contributed by atoms with Crippen LogP contribution in [0.5, 0.6) is 0 Å². The molecule has 1 heteroatoms. The Hall–Kier alpha value is -1.34. The molecule has 3 rings (SSSR count). The molecule has 0 aliphatic heterocycles. The third-order valence-electron chi connectivity index (χ3n) is 4.31. The molecule has 1 saturated carbocycles. The fourth-order valence-electron chi connectivity index (χ4n) is 2.90. The average Bonchev–Trinajstić information content (AvgIpc) is 2.37. The Kier molecular flexibility index (Phi) is 3.84. The van der Waals surface area contributed by atoms with Crippen LogP contribution < -0.4 is 5.32 Å². The number of rotatable bonds is 5. The van der Waals surface area contributed by atoms with E-state index >= 15 is 0 Å². The maximum absolute atomic E-state index is 3.69. The predicted molar refractivity (Wildman–Crippen MR) is 82.5 cm³/mol. The Morgan fingerprint density at radius 2 is 1.89 bits per heavy atom. The van der Waals surface area contributed by atoms with Crippen molar-refractivity contribution in [3.63, 3.8) is 0 Å². The molecule has 0 bridgehead atoms. The lowest BCUT2D eigenvalue weighted by atomic mass is 9.91. The van der Waals surface area contributed by atoms with Crippen LogP contribution in [-0.4, -0.2) is 12.6 Å². The van der Waals surface area contributed by atoms with Gasteiger partial charge in [0, 0.05) is 6.04 Å². The van der Waals surface area contributed by atoms with E-state index in [9.17, 15) is 0 Å². The number of fused-ring (bicyclic) bond motifs is 1. The molecular formula is C18H23N. The van der Waals surface area contributed by atoms with Gasteiger partial charge in [-0.15, -0.1) is 0 Å². The van der Waals surface area contributed by atoms with Crippen molar-refractivity contribution in [3.05, 3.63) is 48.0 Å². The molecule has 0 spiro atoms. The van der Waals surface area contributed by atoms with Crippen molar-refractivity contribution in [1.29, 1.82) is 0 Å². The minimum atomic E-state index is 0.700. The van der Waals surface area contributed by atoms with Crippen molar-refractivity contribution in [2.75, 3.05) is 6.54 Å². The third kappa shape index (κ3) is 2.98. The highest BCUT2D eigenvalue weighted by molar-refractivity contribution is 5.85. The fraction of sp³-hybridized carbons (Fsp3) is 0.444. The second-order valence-corrected chi connectivity index (χ2v) is 5.98. The molecule has 0 amide bonds. The quantitative estimate of drug-likeness (QED) is 0.843. The Bertz CT molecular complexity index is 537. The van der Waals surface area contributed by atoms with Crippen LogP contribution in [-0.2, 0) is 6.42 Å². The minimum Gasteiger partial charge on any atom is -0.314 e. The van der Waals surface area contributed by atoms with Gasteiger partial charge >= 0.3 is 0 Å². The van der Waals surface area contributed by atoms with Crippen LogP contribution >= 0.6 is 0 Å². The lowest BCUT2D eigenvalue weighted by molar-refractivity contribution is 0.320. The second-order valence-electron chi connectivity index (χ2n) is 5.98. The minimum absolute atomic E-state index is 0.700. The SMILES string of the molecule is CC(CNC1CCC1)Cc1cccc2ccccc12. The summed E-state index contributed by atoms with van der Waals surface area (Å²) in [6, 6.07) is 16.2. The van der Waals surface area contributed by atoms with Gasteiger partial charge < -0.3 is 5.32 Å². The zero-order valence-electron chi connectivity index (χ0n) is 11.7. The normalized spacial score (nSPS) is 17.3. The second kappa shape index (κ2) is 5.75. The van der Waals surface area contributed by atoms with E-state index in [0.717, 1.165) is 12.6 Å². The molecule has 0 heterocycles. The van der Waals surface area contributed by atoms with E-state index in [0.29, 0.717) is 5.92 Å². The molecule has 1 fully saturated rings. The zero-order valence-corrected chi connectivity index (χ0v) is 11.7. The number of hydrogen-bond donors (Lipinski definition) is 1. The smallest absolute Gasteiger partial charge is 0.00671 e. The zero-order chi connectivity index (χ0) is 13.1. The summed E-state index contributed by atoms with van der Waals surface area (Å²) in [4.78, 5) is 0. The highest BCUT2D eigenvalue weighted by atomic mass is 14.9. The Balaban J connectivity index is 1.66. The molecule has 1 unspecified atom stereocenters. The first kappa shape index (κ1) is 12.7. The van der Waals surface area contributed by atoms with Gasteiger partial charge in [0.1, 0.15) is 0 Å². The molecule has 0 saturated heterocycles. The van der Waals surface area contributed by atoms with Crippen molar-refractivity contribution in [3.8, 4) is 0 Å². The first-order valence-electron chi connectivity index (χ1n) is 7.53. The summed E-state index contributed by atoms with van der Waals surface area (Å²) in [6.07, 6.45) is 5.33. The van der Waals surface area contributed by atoms with Crippen molar-refractivity contribution in [2.45, 2.75) is 38.6 Å². The largest absolute Gasteiger partial charge is 0.314 e. The van der Waals surface area contributed by atoms with E-state index in [1.807, 2.05) is 0 Å². The van der Waals surface area contributed by atoms with Gasteiger partial charge in [0.25, 0.3) is 0 Å². The van der Waals surface area contributed by atoms with Crippen LogP contribution in [0.15, 0.2) is 42.5 Å². The summed E-state index contributed by atoms with van der Waals surface area (Å²) in [5.41, 5.74) is 1.49. The van der Waals surface area contributed by atoms with E-state index in [2.05, 4.69) is 54.7 Å². The van der Waals surface area contributed by atoms with Gasteiger partial charge in [-0.2, -0.15) is 0 Å². The fourth-order valence-corrected chi connectivity index (χ4v) is 2.90. The van der Waals surface area contributed by atoms with E-state index in [1.165, 1.54) is 42.0 Å². The predicted octanol–water partition coefficient (Wildman–Crippen LogP) is 4.16. The molecule has 1 atom stereocenters. The molecule has 100 valence electrons. The first-order chi connectivity index (χ1) is 9.33. The van der Waals surface area contributed by atoms with Crippen LogP contribution in [0.25, 0.3) is 10.8 Å². The van der Waals surface area contributed by atoms with Gasteiger partial charge in [-0.05, 0) is 48.1 Å². The maximum Gasteiger partial charge on any atom is 0.00671 e. The van der Waals surface area contributed by atoms with Crippen LogP contribution in [0.4, 0.5) is 0 Å². The Morgan fingerprint density at radius 1 is 1.11 bits per heavy atom. The Labute approximate surface area is 116 Å². The molecule has 1 aliphatic rings. The maximum atomic E-state index is 3.69. The summed E-state index contributed by atoms with van der Waals surface area (Å²) < 4.78 is 0. The monoisotopic (exact) mass is 253 g/mol. The van der Waals surface area contributed by atoms with E-state index in [1.54, 1.807) is 0 Å². The van der Waals surface area contributed by atoms with Gasteiger partial charge in [-0.1, -0.05) is 55.8 Å². The lowest BCUT2D eigenvalue weighted by Gasteiger charge is -2.28. The summed E-state index contributed by atoms with van der Waals surface area (Å²) >= 11 is 0. The molecule has 0 radical (unpaired) electrons. The summed E-state index contributed by atoms with van der Waals surface area (Å²) in [5, 5.41) is 6.46. The molecule has 1 nitrogen and oxygen atoms in total. The molecule has 2 aromatic carbocycles. The van der Waals surface area contributed by atoms with Crippen LogP contribution in [0.2, 0.25) is 0 Å². The topological polar surface area (TPSA) is 12.0 Å². The van der Waals surface area contributed by atoms with Crippen LogP contribution in [0.1, 0.15) is 31.7 Å². The summed E-state index contributed by atoms with van der Waals surface area (Å²) in [7, 11) is 0. The van der Waals surface area contributed by atoms with E-state index in [-0.39, 0.29) is 0 Å². The van der Waals surface area contributed by atoms with Crippen LogP contribution in [0, 0.1) is 5.92 Å². The van der Waals surface area contributed by atoms with Gasteiger partial charge in [0.15, 0.2) is 0 Å². The average molecular weight is 253 g/mol. The highest BCUT2D eigenvalue weighted by Crippen LogP contribution is 2.22. The van der Waals surface area contributed by atoms with Crippen molar-refractivity contribution in [1.82, 2.24) is 5.32 Å². The molecule has 1 N–H and O–H groups in total. The first-order valence-corrected chi connectivity index (χ1v) is 7.53. The van der Waals surface area contributed by atoms with Crippen molar-refractivity contribution < 1.29 is 0 Å². The number of benzene rings is 2. The molecule has 0 aromatic heterocycles. The summed E-state index contributed by atoms with van der Waals surface area (Å²) in [5.74, 6) is 0.700. The van der Waals surface area contributed by atoms with Gasteiger partial charge in [0.2, 0.25) is 0 Å². The van der Waals surface area contributed by atoms with Crippen LogP contribution in [0.3, 0.4) is 0 Å². The highest BCUT2D eigenvalue weighted by Gasteiger charge is 2.17. The lowest BCUT2D eigenvalue weighted by Crippen LogP contribution is -2.38. The number of hydrogen-bond acceptors (Lipinski definition) is 1. The molecule has 19 heavy (non-hydrogen) atoms. The third-order valence-corrected chi connectivity index (χ3v) is 4.31. The molecule has 1 aliphatic carbocycles. The van der Waals surface area contributed by atoms with E-state index in [4.69, 9.17) is 0 Å². The summed E-state index contributed by atoms with van der Waals surface area (Å²) in [6.45, 7) is 3.50. The van der Waals surface area contributed by atoms with Gasteiger partial charge in [-0.25, -0.2) is 0 Å². The van der Waals surface area contributed by atoms with Crippen molar-refractivity contribution >= 4 is 10.8 Å². The van der Waals surface area contributed by atoms with Crippen molar-refractivity contribution in [2.24, 2.45) is 5.92 Å².